The Balaban J connectivity index is 1.47. The van der Waals surface area contributed by atoms with Crippen molar-refractivity contribution < 1.29 is 8.94 Å². The van der Waals surface area contributed by atoms with E-state index in [9.17, 15) is 0 Å². The van der Waals surface area contributed by atoms with Gasteiger partial charge in [0.25, 0.3) is 0 Å². The topological polar surface area (TPSA) is 81.9 Å². The normalized spacial score (nSPS) is 11.1. The number of nitrogens with one attached hydrogen (secondary N) is 1. The third-order valence-corrected chi connectivity index (χ3v) is 2.80. The van der Waals surface area contributed by atoms with Crippen molar-refractivity contribution in [2.75, 3.05) is 6.54 Å². The van der Waals surface area contributed by atoms with E-state index in [4.69, 9.17) is 8.94 Å². The maximum absolute atomic E-state index is 5.16. The molecule has 0 unspecified atom stereocenters. The van der Waals surface area contributed by atoms with Crippen LogP contribution in [-0.4, -0.2) is 26.5 Å². The van der Waals surface area contributed by atoms with Gasteiger partial charge in [-0.05, 0) is 18.6 Å². The number of rotatable bonds is 6. The second kappa shape index (κ2) is 5.70. The molecule has 3 aromatic heterocycles. The molecular formula is C13H15N5O2. The van der Waals surface area contributed by atoms with E-state index in [0.717, 1.165) is 24.2 Å². The summed E-state index contributed by atoms with van der Waals surface area (Å²) in [4.78, 5) is 4.28. The Kier molecular flexibility index (Phi) is 3.60. The third kappa shape index (κ3) is 2.94. The first kappa shape index (κ1) is 12.6. The molecular weight excluding hydrogens is 258 g/mol. The lowest BCUT2D eigenvalue weighted by atomic mass is 10.3. The highest BCUT2D eigenvalue weighted by Crippen LogP contribution is 2.15. The highest BCUT2D eigenvalue weighted by Gasteiger charge is 2.08. The second-order valence-corrected chi connectivity index (χ2v) is 4.48. The zero-order valence-corrected chi connectivity index (χ0v) is 11.1. The summed E-state index contributed by atoms with van der Waals surface area (Å²) in [6.07, 6.45) is 7.01. The molecule has 0 spiro atoms. The highest BCUT2D eigenvalue weighted by molar-refractivity contribution is 5.51. The molecule has 0 fully saturated rings. The first-order valence-corrected chi connectivity index (χ1v) is 6.36. The van der Waals surface area contributed by atoms with Gasteiger partial charge in [0, 0.05) is 12.7 Å². The Morgan fingerprint density at radius 1 is 1.40 bits per heavy atom. The molecule has 3 rings (SSSR count). The van der Waals surface area contributed by atoms with E-state index in [1.165, 1.54) is 0 Å². The van der Waals surface area contributed by atoms with Gasteiger partial charge in [-0.3, -0.25) is 4.68 Å². The summed E-state index contributed by atoms with van der Waals surface area (Å²) in [6, 6.07) is 1.79. The lowest BCUT2D eigenvalue weighted by Crippen LogP contribution is -2.19. The van der Waals surface area contributed by atoms with Crippen molar-refractivity contribution in [3.05, 3.63) is 42.4 Å². The van der Waals surface area contributed by atoms with E-state index in [2.05, 4.69) is 20.6 Å². The van der Waals surface area contributed by atoms with Crippen molar-refractivity contribution in [3.8, 4) is 11.4 Å². The van der Waals surface area contributed by atoms with Gasteiger partial charge in [-0.25, -0.2) is 0 Å². The van der Waals surface area contributed by atoms with Gasteiger partial charge in [-0.1, -0.05) is 5.16 Å². The van der Waals surface area contributed by atoms with Crippen LogP contribution in [0.3, 0.4) is 0 Å². The zero-order valence-electron chi connectivity index (χ0n) is 11.1. The fourth-order valence-corrected chi connectivity index (χ4v) is 1.81. The van der Waals surface area contributed by atoms with E-state index in [-0.39, 0.29) is 0 Å². The van der Waals surface area contributed by atoms with Crippen LogP contribution < -0.4 is 5.32 Å². The largest absolute Gasteiger partial charge is 0.472 e. The van der Waals surface area contributed by atoms with Crippen LogP contribution in [0.2, 0.25) is 0 Å². The summed E-state index contributed by atoms with van der Waals surface area (Å²) in [7, 11) is 0. The number of nitrogens with zero attached hydrogens (tertiary/aromatic N) is 4. The van der Waals surface area contributed by atoms with Crippen LogP contribution in [-0.2, 0) is 13.1 Å². The zero-order chi connectivity index (χ0) is 13.8. The van der Waals surface area contributed by atoms with Crippen LogP contribution >= 0.6 is 0 Å². The van der Waals surface area contributed by atoms with Crippen molar-refractivity contribution in [3.63, 3.8) is 0 Å². The maximum Gasteiger partial charge on any atom is 0.240 e. The number of aromatic nitrogens is 4. The molecule has 1 N–H and O–H groups in total. The summed E-state index contributed by atoms with van der Waals surface area (Å²) < 4.78 is 12.0. The standard InChI is InChI=1S/C13H15N5O2/c1-10-6-15-18(8-10)4-3-14-7-12-16-13(17-20-12)11-2-5-19-9-11/h2,5-6,8-9,14H,3-4,7H2,1H3. The van der Waals surface area contributed by atoms with Crippen molar-refractivity contribution in [1.29, 1.82) is 0 Å². The van der Waals surface area contributed by atoms with Crippen LogP contribution in [0, 0.1) is 6.92 Å². The molecule has 3 aromatic rings. The predicted molar refractivity (Wildman–Crippen MR) is 70.7 cm³/mol. The van der Waals surface area contributed by atoms with E-state index < -0.39 is 0 Å². The van der Waals surface area contributed by atoms with Gasteiger partial charge in [0.15, 0.2) is 0 Å². The molecule has 0 saturated heterocycles. The van der Waals surface area contributed by atoms with Crippen LogP contribution in [0.25, 0.3) is 11.4 Å². The average Bonchev–Trinajstić information content (AvgIpc) is 3.16. The van der Waals surface area contributed by atoms with Crippen molar-refractivity contribution >= 4 is 0 Å². The Morgan fingerprint density at radius 3 is 3.10 bits per heavy atom. The van der Waals surface area contributed by atoms with Crippen molar-refractivity contribution in [2.45, 2.75) is 20.0 Å². The Hall–Kier alpha value is -2.41. The number of hydrogen-bond donors (Lipinski definition) is 1. The van der Waals surface area contributed by atoms with E-state index in [1.807, 2.05) is 24.0 Å². The lowest BCUT2D eigenvalue weighted by Gasteiger charge is -2.01. The van der Waals surface area contributed by atoms with Gasteiger partial charge >= 0.3 is 0 Å². The molecule has 0 radical (unpaired) electrons. The number of hydrogen-bond acceptors (Lipinski definition) is 6. The first-order valence-electron chi connectivity index (χ1n) is 6.36. The molecule has 0 saturated carbocycles. The van der Waals surface area contributed by atoms with Gasteiger partial charge in [-0.2, -0.15) is 10.1 Å². The van der Waals surface area contributed by atoms with E-state index >= 15 is 0 Å². The van der Waals surface area contributed by atoms with Crippen molar-refractivity contribution in [1.82, 2.24) is 25.2 Å². The summed E-state index contributed by atoms with van der Waals surface area (Å²) in [5, 5.41) is 11.3. The lowest BCUT2D eigenvalue weighted by molar-refractivity contribution is 0.365. The summed E-state index contributed by atoms with van der Waals surface area (Å²) in [6.45, 7) is 4.14. The van der Waals surface area contributed by atoms with Crippen LogP contribution in [0.5, 0.6) is 0 Å². The number of furan rings is 1. The molecule has 0 aliphatic rings. The SMILES string of the molecule is Cc1cnn(CCNCc2nc(-c3ccoc3)no2)c1. The molecule has 3 heterocycles. The molecule has 20 heavy (non-hydrogen) atoms. The monoisotopic (exact) mass is 273 g/mol. The maximum atomic E-state index is 5.16. The molecule has 0 aliphatic carbocycles. The molecule has 7 heteroatoms. The molecule has 0 amide bonds. The molecule has 104 valence electrons. The molecule has 7 nitrogen and oxygen atoms in total. The van der Waals surface area contributed by atoms with Gasteiger partial charge in [0.05, 0.1) is 31.1 Å². The minimum atomic E-state index is 0.533. The third-order valence-electron chi connectivity index (χ3n) is 2.80. The van der Waals surface area contributed by atoms with Crippen LogP contribution in [0.4, 0.5) is 0 Å². The summed E-state index contributed by atoms with van der Waals surface area (Å²) >= 11 is 0. The fraction of sp³-hybridized carbons (Fsp3) is 0.308. The number of aryl methyl sites for hydroxylation is 1. The Labute approximate surface area is 115 Å². The quantitative estimate of drug-likeness (QED) is 0.687. The van der Waals surface area contributed by atoms with Gasteiger partial charge < -0.3 is 14.3 Å². The molecule has 0 aromatic carbocycles. The smallest absolute Gasteiger partial charge is 0.240 e. The van der Waals surface area contributed by atoms with Gasteiger partial charge in [-0.15, -0.1) is 0 Å². The molecule has 0 atom stereocenters. The summed E-state index contributed by atoms with van der Waals surface area (Å²) in [5.41, 5.74) is 1.97. The molecule has 0 bridgehead atoms. The van der Waals surface area contributed by atoms with E-state index in [1.54, 1.807) is 18.6 Å². The average molecular weight is 273 g/mol. The van der Waals surface area contributed by atoms with E-state index in [0.29, 0.717) is 18.3 Å². The fourth-order valence-electron chi connectivity index (χ4n) is 1.81. The Morgan fingerprint density at radius 2 is 2.35 bits per heavy atom. The minimum Gasteiger partial charge on any atom is -0.472 e. The van der Waals surface area contributed by atoms with Gasteiger partial charge in [0.1, 0.15) is 6.26 Å². The molecule has 0 aliphatic heterocycles. The Bertz CT molecular complexity index is 656. The highest BCUT2D eigenvalue weighted by atomic mass is 16.5. The summed E-state index contributed by atoms with van der Waals surface area (Å²) in [5.74, 6) is 1.09. The van der Waals surface area contributed by atoms with Crippen LogP contribution in [0.1, 0.15) is 11.5 Å². The van der Waals surface area contributed by atoms with Crippen LogP contribution in [0.15, 0.2) is 39.9 Å². The second-order valence-electron chi connectivity index (χ2n) is 4.48. The van der Waals surface area contributed by atoms with Crippen molar-refractivity contribution in [2.24, 2.45) is 0 Å². The van der Waals surface area contributed by atoms with Gasteiger partial charge in [0.2, 0.25) is 11.7 Å². The first-order chi connectivity index (χ1) is 9.81. The minimum absolute atomic E-state index is 0.533. The predicted octanol–water partition coefficient (Wildman–Crippen LogP) is 1.62.